The summed E-state index contributed by atoms with van der Waals surface area (Å²) in [5.41, 5.74) is 1.02. The van der Waals surface area contributed by atoms with Crippen molar-refractivity contribution in [3.05, 3.63) is 68.8 Å². The molecule has 7 heteroatoms. The fourth-order valence-corrected chi connectivity index (χ4v) is 2.74. The van der Waals surface area contributed by atoms with E-state index in [0.717, 1.165) is 0 Å². The molecule has 3 aromatic rings. The number of benzene rings is 1. The van der Waals surface area contributed by atoms with Crippen LogP contribution in [0.1, 0.15) is 5.56 Å². The summed E-state index contributed by atoms with van der Waals surface area (Å²) in [5.74, 6) is 0.518. The van der Waals surface area contributed by atoms with E-state index in [0.29, 0.717) is 33.5 Å². The van der Waals surface area contributed by atoms with Gasteiger partial charge in [0.1, 0.15) is 6.33 Å². The van der Waals surface area contributed by atoms with Crippen molar-refractivity contribution in [2.75, 3.05) is 0 Å². The Bertz CT molecular complexity index is 865. The monoisotopic (exact) mass is 334 g/mol. The highest BCUT2D eigenvalue weighted by molar-refractivity contribution is 6.35. The van der Waals surface area contributed by atoms with E-state index in [9.17, 15) is 4.79 Å². The quantitative estimate of drug-likeness (QED) is 0.739. The lowest BCUT2D eigenvalue weighted by molar-refractivity contribution is 0.747. The van der Waals surface area contributed by atoms with Crippen LogP contribution in [0.2, 0.25) is 10.0 Å². The third-order valence-electron chi connectivity index (χ3n) is 3.36. The SMILES string of the molecule is Cn1ncnc1-c1cccn(Cc2c(Cl)cccc2Cl)c1=O. The van der Waals surface area contributed by atoms with Gasteiger partial charge in [0.25, 0.3) is 5.56 Å². The first-order chi connectivity index (χ1) is 10.6. The molecule has 0 spiro atoms. The zero-order chi connectivity index (χ0) is 15.7. The molecule has 2 heterocycles. The van der Waals surface area contributed by atoms with Crippen LogP contribution in [-0.4, -0.2) is 19.3 Å². The van der Waals surface area contributed by atoms with E-state index >= 15 is 0 Å². The second kappa shape index (κ2) is 5.94. The van der Waals surface area contributed by atoms with E-state index in [2.05, 4.69) is 10.1 Å². The second-order valence-electron chi connectivity index (χ2n) is 4.76. The molecular weight excluding hydrogens is 323 g/mol. The van der Waals surface area contributed by atoms with Gasteiger partial charge >= 0.3 is 0 Å². The first kappa shape index (κ1) is 14.8. The third kappa shape index (κ3) is 2.65. The van der Waals surface area contributed by atoms with Gasteiger partial charge in [-0.1, -0.05) is 29.3 Å². The molecule has 0 radical (unpaired) electrons. The van der Waals surface area contributed by atoms with Gasteiger partial charge in [0.2, 0.25) is 0 Å². The Kier molecular flexibility index (Phi) is 4.00. The largest absolute Gasteiger partial charge is 0.310 e. The maximum atomic E-state index is 12.6. The lowest BCUT2D eigenvalue weighted by atomic mass is 10.2. The molecule has 2 aromatic heterocycles. The van der Waals surface area contributed by atoms with Gasteiger partial charge in [0, 0.05) is 28.9 Å². The average molecular weight is 335 g/mol. The average Bonchev–Trinajstić information content (AvgIpc) is 2.91. The maximum Gasteiger partial charge on any atom is 0.261 e. The first-order valence-corrected chi connectivity index (χ1v) is 7.30. The fraction of sp³-hybridized carbons (Fsp3) is 0.133. The van der Waals surface area contributed by atoms with Gasteiger partial charge in [-0.05, 0) is 24.3 Å². The van der Waals surface area contributed by atoms with Crippen molar-refractivity contribution in [2.24, 2.45) is 7.05 Å². The highest BCUT2D eigenvalue weighted by Crippen LogP contribution is 2.24. The number of aryl methyl sites for hydroxylation is 1. The number of aromatic nitrogens is 4. The highest BCUT2D eigenvalue weighted by atomic mass is 35.5. The molecule has 0 aliphatic rings. The number of hydrogen-bond donors (Lipinski definition) is 0. The maximum absolute atomic E-state index is 12.6. The van der Waals surface area contributed by atoms with Crippen molar-refractivity contribution in [1.82, 2.24) is 19.3 Å². The summed E-state index contributed by atoms with van der Waals surface area (Å²) in [6, 6.07) is 8.78. The van der Waals surface area contributed by atoms with Crippen LogP contribution in [-0.2, 0) is 13.6 Å². The van der Waals surface area contributed by atoms with E-state index in [-0.39, 0.29) is 5.56 Å². The molecule has 22 heavy (non-hydrogen) atoms. The Balaban J connectivity index is 2.07. The van der Waals surface area contributed by atoms with E-state index in [1.807, 2.05) is 0 Å². The van der Waals surface area contributed by atoms with Crippen LogP contribution in [0.15, 0.2) is 47.7 Å². The van der Waals surface area contributed by atoms with Crippen LogP contribution in [0.4, 0.5) is 0 Å². The lowest BCUT2D eigenvalue weighted by Gasteiger charge is -2.10. The second-order valence-corrected chi connectivity index (χ2v) is 5.58. The van der Waals surface area contributed by atoms with Crippen molar-refractivity contribution in [3.8, 4) is 11.4 Å². The van der Waals surface area contributed by atoms with Gasteiger partial charge in [-0.3, -0.25) is 4.79 Å². The minimum Gasteiger partial charge on any atom is -0.310 e. The fourth-order valence-electron chi connectivity index (χ4n) is 2.23. The summed E-state index contributed by atoms with van der Waals surface area (Å²) in [7, 11) is 1.74. The Morgan fingerprint density at radius 3 is 2.50 bits per heavy atom. The number of nitrogens with zero attached hydrogens (tertiary/aromatic N) is 4. The van der Waals surface area contributed by atoms with Crippen LogP contribution < -0.4 is 5.56 Å². The standard InChI is InChI=1S/C15H12Cl2N4O/c1-20-14(18-9-19-20)10-4-3-7-21(15(10)22)8-11-12(16)5-2-6-13(11)17/h2-7,9H,8H2,1H3. The van der Waals surface area contributed by atoms with Crippen LogP contribution in [0, 0.1) is 0 Å². The molecule has 0 fully saturated rings. The third-order valence-corrected chi connectivity index (χ3v) is 4.07. The Hall–Kier alpha value is -2.11. The Labute approximate surface area is 136 Å². The molecule has 0 unspecified atom stereocenters. The van der Waals surface area contributed by atoms with Crippen molar-refractivity contribution in [1.29, 1.82) is 0 Å². The Morgan fingerprint density at radius 2 is 1.86 bits per heavy atom. The van der Waals surface area contributed by atoms with Gasteiger partial charge in [0.15, 0.2) is 5.82 Å². The summed E-state index contributed by atoms with van der Waals surface area (Å²) in [4.78, 5) is 16.8. The summed E-state index contributed by atoms with van der Waals surface area (Å²) < 4.78 is 3.11. The number of hydrogen-bond acceptors (Lipinski definition) is 3. The molecular formula is C15H12Cl2N4O. The van der Waals surface area contributed by atoms with Gasteiger partial charge in [-0.15, -0.1) is 0 Å². The number of pyridine rings is 1. The number of halogens is 2. The first-order valence-electron chi connectivity index (χ1n) is 6.54. The van der Waals surface area contributed by atoms with E-state index in [4.69, 9.17) is 23.2 Å². The summed E-state index contributed by atoms with van der Waals surface area (Å²) in [6.07, 6.45) is 3.11. The van der Waals surface area contributed by atoms with Crippen LogP contribution in [0.3, 0.4) is 0 Å². The normalized spacial score (nSPS) is 10.9. The lowest BCUT2D eigenvalue weighted by Crippen LogP contribution is -2.22. The minimum absolute atomic E-state index is 0.172. The summed E-state index contributed by atoms with van der Waals surface area (Å²) in [5, 5.41) is 5.05. The van der Waals surface area contributed by atoms with E-state index in [1.165, 1.54) is 6.33 Å². The molecule has 0 amide bonds. The number of rotatable bonds is 3. The van der Waals surface area contributed by atoms with E-state index < -0.39 is 0 Å². The van der Waals surface area contributed by atoms with Gasteiger partial charge < -0.3 is 4.57 Å². The molecule has 112 valence electrons. The predicted molar refractivity (Wildman–Crippen MR) is 86.3 cm³/mol. The molecule has 3 rings (SSSR count). The zero-order valence-corrected chi connectivity index (χ0v) is 13.2. The Morgan fingerprint density at radius 1 is 1.14 bits per heavy atom. The molecule has 0 bridgehead atoms. The molecule has 0 saturated carbocycles. The topological polar surface area (TPSA) is 52.7 Å². The molecule has 0 atom stereocenters. The van der Waals surface area contributed by atoms with Crippen LogP contribution >= 0.6 is 23.2 Å². The van der Waals surface area contributed by atoms with Crippen molar-refractivity contribution in [3.63, 3.8) is 0 Å². The van der Waals surface area contributed by atoms with E-state index in [1.54, 1.807) is 52.8 Å². The van der Waals surface area contributed by atoms with Gasteiger partial charge in [0.05, 0.1) is 12.1 Å². The van der Waals surface area contributed by atoms with Crippen LogP contribution in [0.5, 0.6) is 0 Å². The van der Waals surface area contributed by atoms with Gasteiger partial charge in [-0.2, -0.15) is 5.10 Å². The molecule has 1 aromatic carbocycles. The van der Waals surface area contributed by atoms with Crippen molar-refractivity contribution >= 4 is 23.2 Å². The smallest absolute Gasteiger partial charge is 0.261 e. The van der Waals surface area contributed by atoms with Crippen molar-refractivity contribution < 1.29 is 0 Å². The molecule has 0 aliphatic heterocycles. The summed E-state index contributed by atoms with van der Waals surface area (Å²) in [6.45, 7) is 0.295. The van der Waals surface area contributed by atoms with Crippen molar-refractivity contribution in [2.45, 2.75) is 6.54 Å². The summed E-state index contributed by atoms with van der Waals surface area (Å²) >= 11 is 12.3. The predicted octanol–water partition coefficient (Wildman–Crippen LogP) is 3.00. The van der Waals surface area contributed by atoms with Gasteiger partial charge in [-0.25, -0.2) is 9.67 Å². The van der Waals surface area contributed by atoms with Crippen LogP contribution in [0.25, 0.3) is 11.4 Å². The highest BCUT2D eigenvalue weighted by Gasteiger charge is 2.13. The molecule has 0 N–H and O–H groups in total. The molecule has 5 nitrogen and oxygen atoms in total. The zero-order valence-electron chi connectivity index (χ0n) is 11.7. The molecule has 0 aliphatic carbocycles. The molecule has 0 saturated heterocycles. The minimum atomic E-state index is -0.172.